The smallest absolute Gasteiger partial charge is 0.251 e. The second kappa shape index (κ2) is 4.61. The maximum Gasteiger partial charge on any atom is 0.251 e. The molecule has 2 N–H and O–H groups in total. The number of rotatable bonds is 3. The summed E-state index contributed by atoms with van der Waals surface area (Å²) in [6, 6.07) is 4.13. The fraction of sp³-hybridized carbons (Fsp3) is 0.417. The molecule has 1 amide bonds. The van der Waals surface area contributed by atoms with Crippen LogP contribution in [0.4, 0.5) is 4.39 Å². The monoisotopic (exact) mass is 225 g/mol. The van der Waals surface area contributed by atoms with Crippen molar-refractivity contribution < 1.29 is 14.3 Å². The first-order valence-electron chi connectivity index (χ1n) is 5.04. The number of halogens is 1. The van der Waals surface area contributed by atoms with Gasteiger partial charge in [0.15, 0.2) is 0 Å². The molecule has 0 fully saturated rings. The van der Waals surface area contributed by atoms with Crippen molar-refractivity contribution in [2.45, 2.75) is 26.3 Å². The van der Waals surface area contributed by atoms with Crippen LogP contribution in [-0.2, 0) is 0 Å². The van der Waals surface area contributed by atoms with Gasteiger partial charge in [-0.15, -0.1) is 0 Å². The Labute approximate surface area is 94.3 Å². The SMILES string of the molecule is Cc1cc(F)cc(C(=O)NC(C)(C)CO)c1. The first-order valence-corrected chi connectivity index (χ1v) is 5.04. The third-order valence-electron chi connectivity index (χ3n) is 2.15. The minimum Gasteiger partial charge on any atom is -0.394 e. The highest BCUT2D eigenvalue weighted by molar-refractivity contribution is 5.94. The average Bonchev–Trinajstić information content (AvgIpc) is 2.15. The van der Waals surface area contributed by atoms with Crippen LogP contribution in [0.1, 0.15) is 29.8 Å². The number of amides is 1. The topological polar surface area (TPSA) is 49.3 Å². The van der Waals surface area contributed by atoms with E-state index in [1.54, 1.807) is 26.8 Å². The molecule has 88 valence electrons. The summed E-state index contributed by atoms with van der Waals surface area (Å²) in [5.74, 6) is -0.825. The molecule has 1 aromatic carbocycles. The maximum absolute atomic E-state index is 13.1. The summed E-state index contributed by atoms with van der Waals surface area (Å²) in [6.45, 7) is 4.93. The molecule has 3 nitrogen and oxygen atoms in total. The standard InChI is InChI=1S/C12H16FNO2/c1-8-4-9(6-10(13)5-8)11(16)14-12(2,3)7-15/h4-6,15H,7H2,1-3H3,(H,14,16). The van der Waals surface area contributed by atoms with Crippen LogP contribution >= 0.6 is 0 Å². The van der Waals surface area contributed by atoms with Crippen LogP contribution in [0.25, 0.3) is 0 Å². The summed E-state index contributed by atoms with van der Waals surface area (Å²) < 4.78 is 13.1. The minimum absolute atomic E-state index is 0.174. The third kappa shape index (κ3) is 3.31. The fourth-order valence-corrected chi connectivity index (χ4v) is 1.29. The van der Waals surface area contributed by atoms with E-state index in [9.17, 15) is 9.18 Å². The molecule has 0 unspecified atom stereocenters. The summed E-state index contributed by atoms with van der Waals surface area (Å²) in [5, 5.41) is 11.6. The Balaban J connectivity index is 2.89. The highest BCUT2D eigenvalue weighted by Crippen LogP contribution is 2.10. The lowest BCUT2D eigenvalue weighted by Crippen LogP contribution is -2.46. The molecule has 0 bridgehead atoms. The van der Waals surface area contributed by atoms with E-state index in [1.807, 2.05) is 0 Å². The van der Waals surface area contributed by atoms with Gasteiger partial charge in [-0.3, -0.25) is 4.79 Å². The molecule has 0 aromatic heterocycles. The van der Waals surface area contributed by atoms with Crippen molar-refractivity contribution in [3.05, 3.63) is 35.1 Å². The van der Waals surface area contributed by atoms with Crippen molar-refractivity contribution >= 4 is 5.91 Å². The third-order valence-corrected chi connectivity index (χ3v) is 2.15. The first kappa shape index (κ1) is 12.6. The zero-order valence-corrected chi connectivity index (χ0v) is 9.67. The van der Waals surface area contributed by atoms with Crippen molar-refractivity contribution in [3.8, 4) is 0 Å². The van der Waals surface area contributed by atoms with Gasteiger partial charge in [0.1, 0.15) is 5.82 Å². The Morgan fingerprint density at radius 3 is 2.56 bits per heavy atom. The molecule has 16 heavy (non-hydrogen) atoms. The van der Waals surface area contributed by atoms with Crippen LogP contribution in [0.3, 0.4) is 0 Å². The molecule has 0 saturated carbocycles. The second-order valence-corrected chi connectivity index (χ2v) is 4.51. The van der Waals surface area contributed by atoms with Crippen LogP contribution in [0.2, 0.25) is 0 Å². The highest BCUT2D eigenvalue weighted by Gasteiger charge is 2.20. The van der Waals surface area contributed by atoms with Crippen molar-refractivity contribution in [1.29, 1.82) is 0 Å². The Morgan fingerprint density at radius 1 is 1.44 bits per heavy atom. The summed E-state index contributed by atoms with van der Waals surface area (Å²) in [4.78, 5) is 11.7. The van der Waals surface area contributed by atoms with Gasteiger partial charge in [0.2, 0.25) is 0 Å². The van der Waals surface area contributed by atoms with Gasteiger partial charge in [0, 0.05) is 5.56 Å². The molecule has 0 heterocycles. The van der Waals surface area contributed by atoms with Gasteiger partial charge < -0.3 is 10.4 Å². The lowest BCUT2D eigenvalue weighted by molar-refractivity contribution is 0.0869. The van der Waals surface area contributed by atoms with Gasteiger partial charge in [-0.05, 0) is 44.5 Å². The summed E-state index contributed by atoms with van der Waals surface area (Å²) in [7, 11) is 0. The van der Waals surface area contributed by atoms with Gasteiger partial charge in [0.25, 0.3) is 5.91 Å². The van der Waals surface area contributed by atoms with Crippen molar-refractivity contribution in [2.75, 3.05) is 6.61 Å². The summed E-state index contributed by atoms with van der Waals surface area (Å²) >= 11 is 0. The van der Waals surface area contributed by atoms with E-state index in [0.717, 1.165) is 0 Å². The molecular weight excluding hydrogens is 209 g/mol. The maximum atomic E-state index is 13.1. The Bertz CT molecular complexity index is 382. The highest BCUT2D eigenvalue weighted by atomic mass is 19.1. The van der Waals surface area contributed by atoms with Crippen molar-refractivity contribution in [1.82, 2.24) is 5.32 Å². The number of carbonyl (C=O) groups excluding carboxylic acids is 1. The van der Waals surface area contributed by atoms with Gasteiger partial charge in [-0.1, -0.05) is 0 Å². The van der Waals surface area contributed by atoms with E-state index in [4.69, 9.17) is 5.11 Å². The molecular formula is C12H16FNO2. The van der Waals surface area contributed by atoms with Crippen molar-refractivity contribution in [2.24, 2.45) is 0 Å². The molecule has 4 heteroatoms. The average molecular weight is 225 g/mol. The Kier molecular flexibility index (Phi) is 3.65. The predicted molar refractivity (Wildman–Crippen MR) is 59.8 cm³/mol. The quantitative estimate of drug-likeness (QED) is 0.821. The zero-order chi connectivity index (χ0) is 12.3. The van der Waals surface area contributed by atoms with Gasteiger partial charge in [0.05, 0.1) is 12.1 Å². The number of aliphatic hydroxyl groups excluding tert-OH is 1. The van der Waals surface area contributed by atoms with E-state index < -0.39 is 11.4 Å². The zero-order valence-electron chi connectivity index (χ0n) is 9.67. The van der Waals surface area contributed by atoms with E-state index in [1.165, 1.54) is 12.1 Å². The number of hydrogen-bond acceptors (Lipinski definition) is 2. The number of nitrogens with one attached hydrogen (secondary N) is 1. The van der Waals surface area contributed by atoms with Crippen LogP contribution in [0.5, 0.6) is 0 Å². The number of hydrogen-bond donors (Lipinski definition) is 2. The van der Waals surface area contributed by atoms with Crippen LogP contribution < -0.4 is 5.32 Å². The molecule has 0 aliphatic heterocycles. The molecule has 0 aliphatic carbocycles. The fourth-order valence-electron chi connectivity index (χ4n) is 1.29. The molecule has 1 aromatic rings. The van der Waals surface area contributed by atoms with Crippen LogP contribution in [0.15, 0.2) is 18.2 Å². The van der Waals surface area contributed by atoms with Crippen molar-refractivity contribution in [3.63, 3.8) is 0 Å². The first-order chi connectivity index (χ1) is 7.34. The number of aliphatic hydroxyl groups is 1. The summed E-state index contributed by atoms with van der Waals surface area (Å²) in [5.41, 5.74) is 0.239. The molecule has 0 saturated heterocycles. The molecule has 0 spiro atoms. The Hall–Kier alpha value is -1.42. The molecule has 1 rings (SSSR count). The number of carbonyl (C=O) groups is 1. The van der Waals surface area contributed by atoms with Crippen LogP contribution in [-0.4, -0.2) is 23.2 Å². The lowest BCUT2D eigenvalue weighted by atomic mass is 10.1. The van der Waals surface area contributed by atoms with Gasteiger partial charge >= 0.3 is 0 Å². The van der Waals surface area contributed by atoms with E-state index in [2.05, 4.69) is 5.32 Å². The largest absolute Gasteiger partial charge is 0.394 e. The van der Waals surface area contributed by atoms with E-state index >= 15 is 0 Å². The van der Waals surface area contributed by atoms with Crippen LogP contribution in [0, 0.1) is 12.7 Å². The second-order valence-electron chi connectivity index (χ2n) is 4.51. The lowest BCUT2D eigenvalue weighted by Gasteiger charge is -2.23. The summed E-state index contributed by atoms with van der Waals surface area (Å²) in [6.07, 6.45) is 0. The molecule has 0 aliphatic rings. The van der Waals surface area contributed by atoms with Gasteiger partial charge in [-0.25, -0.2) is 4.39 Å². The van der Waals surface area contributed by atoms with E-state index in [-0.39, 0.29) is 18.1 Å². The number of benzene rings is 1. The predicted octanol–water partition coefficient (Wildman–Crippen LogP) is 1.63. The number of aryl methyl sites for hydroxylation is 1. The minimum atomic E-state index is -0.711. The van der Waals surface area contributed by atoms with Gasteiger partial charge in [-0.2, -0.15) is 0 Å². The molecule has 0 radical (unpaired) electrons. The molecule has 0 atom stereocenters. The van der Waals surface area contributed by atoms with E-state index in [0.29, 0.717) is 5.56 Å². The normalized spacial score (nSPS) is 11.3. The Morgan fingerprint density at radius 2 is 2.06 bits per heavy atom.